The number of nitrogens with two attached hydrogens (primary N) is 1. The number of likely N-dealkylation sites (tertiary alicyclic amines) is 2. The molecule has 2 saturated heterocycles. The number of likely N-dealkylation sites (N-methyl/N-ethyl adjacent to an activating group) is 1. The molecule has 1 spiro atoms. The van der Waals surface area contributed by atoms with Gasteiger partial charge in [0.25, 0.3) is 0 Å². The molecule has 1 unspecified atom stereocenters. The van der Waals surface area contributed by atoms with E-state index in [1.807, 2.05) is 53.5 Å². The molecule has 1 aromatic carbocycles. The summed E-state index contributed by atoms with van der Waals surface area (Å²) in [6.45, 7) is 5.67. The highest BCUT2D eigenvalue weighted by Gasteiger charge is 2.51. The van der Waals surface area contributed by atoms with Crippen LogP contribution in [0.5, 0.6) is 0 Å². The summed E-state index contributed by atoms with van der Waals surface area (Å²) in [6.07, 6.45) is 8.96. The molecule has 8 heteroatoms. The molecule has 0 saturated carbocycles. The van der Waals surface area contributed by atoms with Crippen LogP contribution in [0.1, 0.15) is 45.1 Å². The van der Waals surface area contributed by atoms with Crippen molar-refractivity contribution in [3.8, 4) is 0 Å². The number of nitrogens with zero attached hydrogens (tertiary/aromatic N) is 2. The van der Waals surface area contributed by atoms with Gasteiger partial charge in [-0.25, -0.2) is 0 Å². The average Bonchev–Trinajstić information content (AvgIpc) is 3.18. The molecule has 3 aliphatic rings. The van der Waals surface area contributed by atoms with Gasteiger partial charge >= 0.3 is 0 Å². The van der Waals surface area contributed by atoms with E-state index in [4.69, 9.17) is 10.5 Å². The van der Waals surface area contributed by atoms with Crippen molar-refractivity contribution in [2.45, 2.75) is 63.8 Å². The Morgan fingerprint density at radius 3 is 2.68 bits per heavy atom. The van der Waals surface area contributed by atoms with Crippen molar-refractivity contribution in [3.63, 3.8) is 0 Å². The third-order valence-corrected chi connectivity index (χ3v) is 7.82. The smallest absolute Gasteiger partial charge is 0.247 e. The van der Waals surface area contributed by atoms with Crippen LogP contribution in [-0.2, 0) is 25.7 Å². The van der Waals surface area contributed by atoms with Gasteiger partial charge in [-0.3, -0.25) is 19.3 Å². The van der Waals surface area contributed by atoms with E-state index in [1.165, 1.54) is 0 Å². The van der Waals surface area contributed by atoms with E-state index in [0.717, 1.165) is 36.9 Å². The number of carbonyl (C=O) groups is 3. The monoisotopic (exact) mass is 508 g/mol. The summed E-state index contributed by atoms with van der Waals surface area (Å²) in [7, 11) is 2.07. The second kappa shape index (κ2) is 11.3. The maximum Gasteiger partial charge on any atom is 0.247 e. The largest absolute Gasteiger partial charge is 0.374 e. The van der Waals surface area contributed by atoms with Gasteiger partial charge in [-0.1, -0.05) is 48.6 Å². The molecular formula is C29H40N4O4. The van der Waals surface area contributed by atoms with Gasteiger partial charge in [0.2, 0.25) is 11.8 Å². The molecule has 0 bridgehead atoms. The molecule has 2 heterocycles. The van der Waals surface area contributed by atoms with Crippen LogP contribution in [0.3, 0.4) is 0 Å². The number of nitrogens with one attached hydrogen (secondary N) is 1. The fraction of sp³-hybridized carbons (Fsp3) is 0.552. The number of hydrogen-bond donors (Lipinski definition) is 2. The van der Waals surface area contributed by atoms with Crippen molar-refractivity contribution in [1.82, 2.24) is 15.1 Å². The molecule has 3 N–H and O–H groups in total. The number of amides is 2. The highest BCUT2D eigenvalue weighted by atomic mass is 16.5. The Labute approximate surface area is 219 Å². The lowest BCUT2D eigenvalue weighted by atomic mass is 9.70. The molecule has 1 aliphatic carbocycles. The minimum Gasteiger partial charge on any atom is -0.374 e. The second-order valence-electron chi connectivity index (χ2n) is 11.3. The lowest BCUT2D eigenvalue weighted by molar-refractivity contribution is -0.142. The number of benzene rings is 1. The van der Waals surface area contributed by atoms with Crippen LogP contribution in [0.25, 0.3) is 0 Å². The van der Waals surface area contributed by atoms with E-state index in [0.29, 0.717) is 26.1 Å². The normalized spacial score (nSPS) is 25.3. The molecule has 8 nitrogen and oxygen atoms in total. The van der Waals surface area contributed by atoms with E-state index < -0.39 is 17.5 Å². The van der Waals surface area contributed by atoms with Gasteiger partial charge in [-0.15, -0.1) is 0 Å². The van der Waals surface area contributed by atoms with Gasteiger partial charge < -0.3 is 20.7 Å². The van der Waals surface area contributed by atoms with E-state index in [-0.39, 0.29) is 29.8 Å². The van der Waals surface area contributed by atoms with Crippen molar-refractivity contribution >= 4 is 17.6 Å². The van der Waals surface area contributed by atoms with Crippen LogP contribution < -0.4 is 11.1 Å². The SMILES string of the molecule is CN1CC[C@]2(CCCN(C(=O)C(COCc3ccccc3)NC(=O)C(C)(C)N)C2)[C@@H]1C1=CC=CCC1=O. The van der Waals surface area contributed by atoms with E-state index in [1.54, 1.807) is 13.8 Å². The summed E-state index contributed by atoms with van der Waals surface area (Å²) >= 11 is 0. The Bertz CT molecular complexity index is 1060. The van der Waals surface area contributed by atoms with Gasteiger partial charge in [0.1, 0.15) is 6.04 Å². The van der Waals surface area contributed by atoms with Crippen molar-refractivity contribution in [3.05, 3.63) is 59.7 Å². The predicted octanol–water partition coefficient (Wildman–Crippen LogP) is 2.19. The van der Waals surface area contributed by atoms with Crippen LogP contribution in [0.4, 0.5) is 0 Å². The van der Waals surface area contributed by atoms with Crippen molar-refractivity contribution in [2.75, 3.05) is 33.3 Å². The molecule has 2 amide bonds. The highest BCUT2D eigenvalue weighted by Crippen LogP contribution is 2.47. The maximum absolute atomic E-state index is 13.9. The zero-order chi connectivity index (χ0) is 26.6. The highest BCUT2D eigenvalue weighted by molar-refractivity contribution is 5.99. The Kier molecular flexibility index (Phi) is 8.31. The molecule has 37 heavy (non-hydrogen) atoms. The molecular weight excluding hydrogens is 468 g/mol. The number of ketones is 1. The first-order chi connectivity index (χ1) is 17.6. The van der Waals surface area contributed by atoms with Crippen LogP contribution in [0, 0.1) is 5.41 Å². The number of rotatable bonds is 8. The zero-order valence-electron chi connectivity index (χ0n) is 22.2. The summed E-state index contributed by atoms with van der Waals surface area (Å²) in [5, 5.41) is 2.84. The first-order valence-corrected chi connectivity index (χ1v) is 13.2. The Balaban J connectivity index is 1.51. The van der Waals surface area contributed by atoms with Gasteiger partial charge in [-0.05, 0) is 52.3 Å². The summed E-state index contributed by atoms with van der Waals surface area (Å²) < 4.78 is 5.90. The van der Waals surface area contributed by atoms with Crippen molar-refractivity contribution < 1.29 is 19.1 Å². The number of Topliss-reactive ketones (excluding diaryl/α,β-unsaturated/α-hetero) is 1. The standard InChI is InChI=1S/C29H40N4O4/c1-28(2,30)27(36)31-23(19-37-18-21-10-5-4-6-11-21)26(35)33-16-9-14-29(20-33)15-17-32(3)25(29)22-12-7-8-13-24(22)34/h4-8,10-12,23,25H,9,13-20,30H2,1-3H3,(H,31,36)/t23?,25-,29-/m0/s1. The topological polar surface area (TPSA) is 105 Å². The fourth-order valence-corrected chi connectivity index (χ4v) is 5.88. The summed E-state index contributed by atoms with van der Waals surface area (Å²) in [4.78, 5) is 43.6. The van der Waals surface area contributed by atoms with Gasteiger partial charge in [0.05, 0.1) is 18.8 Å². The van der Waals surface area contributed by atoms with Gasteiger partial charge in [0, 0.05) is 36.5 Å². The number of hydrogen-bond acceptors (Lipinski definition) is 6. The fourth-order valence-electron chi connectivity index (χ4n) is 5.88. The first kappa shape index (κ1) is 27.2. The van der Waals surface area contributed by atoms with Gasteiger partial charge in [-0.2, -0.15) is 0 Å². The van der Waals surface area contributed by atoms with Crippen LogP contribution in [0.15, 0.2) is 54.1 Å². The average molecular weight is 509 g/mol. The molecule has 1 aromatic rings. The Hall–Kier alpha value is -2.81. The third-order valence-electron chi connectivity index (χ3n) is 7.82. The Morgan fingerprint density at radius 2 is 1.97 bits per heavy atom. The zero-order valence-corrected chi connectivity index (χ0v) is 22.2. The summed E-state index contributed by atoms with van der Waals surface area (Å²) in [5.74, 6) is -0.403. The minimum atomic E-state index is -1.12. The first-order valence-electron chi connectivity index (χ1n) is 13.2. The summed E-state index contributed by atoms with van der Waals surface area (Å²) in [6, 6.07) is 8.86. The molecule has 3 atom stereocenters. The van der Waals surface area contributed by atoms with E-state index >= 15 is 0 Å². The van der Waals surface area contributed by atoms with E-state index in [2.05, 4.69) is 17.3 Å². The minimum absolute atomic E-state index is 0.0223. The lowest BCUT2D eigenvalue weighted by Gasteiger charge is -2.46. The van der Waals surface area contributed by atoms with Crippen LogP contribution >= 0.6 is 0 Å². The third kappa shape index (κ3) is 6.20. The lowest BCUT2D eigenvalue weighted by Crippen LogP contribution is -2.60. The maximum atomic E-state index is 13.9. The number of piperidine rings is 1. The molecule has 200 valence electrons. The molecule has 0 aromatic heterocycles. The van der Waals surface area contributed by atoms with Crippen molar-refractivity contribution in [1.29, 1.82) is 0 Å². The predicted molar refractivity (Wildman–Crippen MR) is 142 cm³/mol. The second-order valence-corrected chi connectivity index (χ2v) is 11.3. The Morgan fingerprint density at radius 1 is 1.22 bits per heavy atom. The molecule has 2 fully saturated rings. The molecule has 4 rings (SSSR count). The number of allylic oxidation sites excluding steroid dienone is 3. The van der Waals surface area contributed by atoms with E-state index in [9.17, 15) is 14.4 Å². The molecule has 2 aliphatic heterocycles. The van der Waals surface area contributed by atoms with Crippen LogP contribution in [0.2, 0.25) is 0 Å². The van der Waals surface area contributed by atoms with Crippen molar-refractivity contribution in [2.24, 2.45) is 11.1 Å². The number of carbonyl (C=O) groups excluding carboxylic acids is 3. The van der Waals surface area contributed by atoms with Gasteiger partial charge in [0.15, 0.2) is 5.78 Å². The number of ether oxygens (including phenoxy) is 1. The quantitative estimate of drug-likeness (QED) is 0.558. The molecule has 0 radical (unpaired) electrons. The summed E-state index contributed by atoms with van der Waals surface area (Å²) in [5.41, 5.74) is 6.54. The van der Waals surface area contributed by atoms with Crippen LogP contribution in [-0.4, -0.2) is 78.3 Å².